The Bertz CT molecular complexity index is 835. The molecule has 7 heteroatoms. The molecule has 0 saturated carbocycles. The zero-order valence-electron chi connectivity index (χ0n) is 14.7. The van der Waals surface area contributed by atoms with Gasteiger partial charge in [-0.25, -0.2) is 4.39 Å². The van der Waals surface area contributed by atoms with Crippen molar-refractivity contribution in [3.8, 4) is 11.5 Å². The molecule has 0 spiro atoms. The number of ether oxygens (including phenoxy) is 2. The Hall–Kier alpha value is -2.31. The smallest absolute Gasteiger partial charge is 0.255 e. The second-order valence-corrected chi connectivity index (χ2v) is 7.09. The SMILES string of the molecule is O=C(NCC(c1ccc2c(c1)OCO2)N1CCCC1)c1c(F)cccc1Cl. The summed E-state index contributed by atoms with van der Waals surface area (Å²) in [7, 11) is 0. The first-order valence-electron chi connectivity index (χ1n) is 8.99. The van der Waals surface area contributed by atoms with Crippen molar-refractivity contribution in [2.75, 3.05) is 26.4 Å². The molecule has 5 nitrogen and oxygen atoms in total. The Kier molecular flexibility index (Phi) is 5.18. The van der Waals surface area contributed by atoms with Gasteiger partial charge in [-0.3, -0.25) is 9.69 Å². The first-order chi connectivity index (χ1) is 13.1. The minimum Gasteiger partial charge on any atom is -0.454 e. The highest BCUT2D eigenvalue weighted by Gasteiger charge is 2.27. The lowest BCUT2D eigenvalue weighted by Gasteiger charge is -2.28. The zero-order chi connectivity index (χ0) is 18.8. The lowest BCUT2D eigenvalue weighted by atomic mass is 10.0. The number of halogens is 2. The molecule has 4 rings (SSSR count). The van der Waals surface area contributed by atoms with Crippen LogP contribution in [0.5, 0.6) is 11.5 Å². The fourth-order valence-corrected chi connectivity index (χ4v) is 3.87. The second kappa shape index (κ2) is 7.74. The van der Waals surface area contributed by atoms with Crippen molar-refractivity contribution in [1.29, 1.82) is 0 Å². The van der Waals surface area contributed by atoms with Crippen molar-refractivity contribution >= 4 is 17.5 Å². The minimum atomic E-state index is -0.624. The number of nitrogens with zero attached hydrogens (tertiary/aromatic N) is 1. The van der Waals surface area contributed by atoms with Crippen molar-refractivity contribution in [1.82, 2.24) is 10.2 Å². The highest BCUT2D eigenvalue weighted by molar-refractivity contribution is 6.33. The van der Waals surface area contributed by atoms with Gasteiger partial charge in [0.15, 0.2) is 11.5 Å². The number of fused-ring (bicyclic) bond motifs is 1. The van der Waals surface area contributed by atoms with Gasteiger partial charge in [-0.05, 0) is 55.8 Å². The summed E-state index contributed by atoms with van der Waals surface area (Å²) in [6, 6.07) is 10.0. The van der Waals surface area contributed by atoms with Gasteiger partial charge in [0.25, 0.3) is 5.91 Å². The van der Waals surface area contributed by atoms with E-state index in [1.807, 2.05) is 18.2 Å². The summed E-state index contributed by atoms with van der Waals surface area (Å²) in [6.07, 6.45) is 2.24. The van der Waals surface area contributed by atoms with Gasteiger partial charge in [-0.1, -0.05) is 23.7 Å². The molecule has 2 aromatic rings. The predicted molar refractivity (Wildman–Crippen MR) is 99.9 cm³/mol. The van der Waals surface area contributed by atoms with Crippen LogP contribution in [-0.4, -0.2) is 37.2 Å². The van der Waals surface area contributed by atoms with E-state index in [9.17, 15) is 9.18 Å². The molecule has 1 amide bonds. The Morgan fingerprint density at radius 2 is 1.96 bits per heavy atom. The summed E-state index contributed by atoms with van der Waals surface area (Å²) >= 11 is 6.01. The quantitative estimate of drug-likeness (QED) is 0.844. The molecule has 0 bridgehead atoms. The van der Waals surface area contributed by atoms with Crippen molar-refractivity contribution in [3.63, 3.8) is 0 Å². The molecule has 0 radical (unpaired) electrons. The van der Waals surface area contributed by atoms with Crippen molar-refractivity contribution < 1.29 is 18.7 Å². The maximum Gasteiger partial charge on any atom is 0.255 e. The number of likely N-dealkylation sites (tertiary alicyclic amines) is 1. The van der Waals surface area contributed by atoms with Crippen molar-refractivity contribution in [3.05, 3.63) is 58.4 Å². The molecular weight excluding hydrogens is 371 g/mol. The summed E-state index contributed by atoms with van der Waals surface area (Å²) in [5.74, 6) is 0.296. The molecule has 2 aliphatic heterocycles. The van der Waals surface area contributed by atoms with Crippen molar-refractivity contribution in [2.45, 2.75) is 18.9 Å². The van der Waals surface area contributed by atoms with E-state index < -0.39 is 11.7 Å². The maximum atomic E-state index is 14.0. The van der Waals surface area contributed by atoms with Gasteiger partial charge in [-0.2, -0.15) is 0 Å². The number of rotatable bonds is 5. The lowest BCUT2D eigenvalue weighted by Crippen LogP contribution is -2.37. The van der Waals surface area contributed by atoms with Crippen LogP contribution in [0.1, 0.15) is 34.8 Å². The molecule has 1 atom stereocenters. The number of carbonyl (C=O) groups is 1. The molecule has 142 valence electrons. The van der Waals surface area contributed by atoms with Crippen LogP contribution in [0.2, 0.25) is 5.02 Å². The number of carbonyl (C=O) groups excluding carboxylic acids is 1. The summed E-state index contributed by atoms with van der Waals surface area (Å²) in [6.45, 7) is 2.48. The Balaban J connectivity index is 1.54. The average molecular weight is 391 g/mol. The van der Waals surface area contributed by atoms with E-state index in [4.69, 9.17) is 21.1 Å². The fourth-order valence-electron chi connectivity index (χ4n) is 3.62. The molecule has 0 aliphatic carbocycles. The van der Waals surface area contributed by atoms with Crippen LogP contribution in [-0.2, 0) is 0 Å². The van der Waals surface area contributed by atoms with E-state index in [-0.39, 0.29) is 23.4 Å². The molecule has 1 saturated heterocycles. The zero-order valence-corrected chi connectivity index (χ0v) is 15.5. The normalized spacial score (nSPS) is 17.1. The van der Waals surface area contributed by atoms with Gasteiger partial charge in [-0.15, -0.1) is 0 Å². The summed E-state index contributed by atoms with van der Waals surface area (Å²) < 4.78 is 24.9. The molecule has 2 heterocycles. The summed E-state index contributed by atoms with van der Waals surface area (Å²) in [4.78, 5) is 14.8. The van der Waals surface area contributed by atoms with Crippen LogP contribution in [0.4, 0.5) is 4.39 Å². The van der Waals surface area contributed by atoms with Gasteiger partial charge in [0.2, 0.25) is 6.79 Å². The van der Waals surface area contributed by atoms with Gasteiger partial charge >= 0.3 is 0 Å². The van der Waals surface area contributed by atoms with Gasteiger partial charge in [0.05, 0.1) is 16.6 Å². The largest absolute Gasteiger partial charge is 0.454 e. The van der Waals surface area contributed by atoms with Crippen LogP contribution in [0.15, 0.2) is 36.4 Å². The number of nitrogens with one attached hydrogen (secondary N) is 1. The summed E-state index contributed by atoms with van der Waals surface area (Å²) in [5.41, 5.74) is 0.908. The van der Waals surface area contributed by atoms with Gasteiger partial charge < -0.3 is 14.8 Å². The van der Waals surface area contributed by atoms with E-state index in [0.29, 0.717) is 12.3 Å². The number of amides is 1. The lowest BCUT2D eigenvalue weighted by molar-refractivity contribution is 0.0934. The first kappa shape index (κ1) is 18.1. The Morgan fingerprint density at radius 3 is 2.74 bits per heavy atom. The topological polar surface area (TPSA) is 50.8 Å². The molecule has 1 fully saturated rings. The highest BCUT2D eigenvalue weighted by atomic mass is 35.5. The molecule has 2 aliphatic rings. The highest BCUT2D eigenvalue weighted by Crippen LogP contribution is 2.36. The van der Waals surface area contributed by atoms with Gasteiger partial charge in [0, 0.05) is 6.54 Å². The molecule has 1 N–H and O–H groups in total. The second-order valence-electron chi connectivity index (χ2n) is 6.68. The third-order valence-electron chi connectivity index (χ3n) is 5.01. The van der Waals surface area contributed by atoms with Crippen LogP contribution in [0, 0.1) is 5.82 Å². The monoisotopic (exact) mass is 390 g/mol. The van der Waals surface area contributed by atoms with E-state index in [2.05, 4.69) is 10.2 Å². The Labute approximate surface area is 162 Å². The maximum absolute atomic E-state index is 14.0. The third kappa shape index (κ3) is 3.73. The molecule has 1 unspecified atom stereocenters. The van der Waals surface area contributed by atoms with Gasteiger partial charge in [0.1, 0.15) is 5.82 Å². The molecule has 27 heavy (non-hydrogen) atoms. The Morgan fingerprint density at radius 1 is 1.19 bits per heavy atom. The standard InChI is InChI=1S/C20H20ClFN2O3/c21-14-4-3-5-15(22)19(14)20(25)23-11-16(24-8-1-2-9-24)13-6-7-17-18(10-13)27-12-26-17/h3-7,10,16H,1-2,8-9,11-12H2,(H,23,25). The number of hydrogen-bond acceptors (Lipinski definition) is 4. The van der Waals surface area contributed by atoms with Crippen LogP contribution in [0.25, 0.3) is 0 Å². The van der Waals surface area contributed by atoms with E-state index in [1.54, 1.807) is 0 Å². The number of hydrogen-bond donors (Lipinski definition) is 1. The van der Waals surface area contributed by atoms with Crippen LogP contribution in [0.3, 0.4) is 0 Å². The molecular formula is C20H20ClFN2O3. The fraction of sp³-hybridized carbons (Fsp3) is 0.350. The first-order valence-corrected chi connectivity index (χ1v) is 9.37. The molecule has 0 aromatic heterocycles. The van der Waals surface area contributed by atoms with E-state index in [1.165, 1.54) is 18.2 Å². The average Bonchev–Trinajstić information content (AvgIpc) is 3.33. The van der Waals surface area contributed by atoms with E-state index in [0.717, 1.165) is 37.2 Å². The van der Waals surface area contributed by atoms with Crippen LogP contribution >= 0.6 is 11.6 Å². The third-order valence-corrected chi connectivity index (χ3v) is 5.32. The van der Waals surface area contributed by atoms with E-state index >= 15 is 0 Å². The predicted octanol–water partition coefficient (Wildman–Crippen LogP) is 3.77. The molecule has 2 aromatic carbocycles. The number of benzene rings is 2. The minimum absolute atomic E-state index is 0.0310. The summed E-state index contributed by atoms with van der Waals surface area (Å²) in [5, 5.41) is 2.95. The van der Waals surface area contributed by atoms with Crippen molar-refractivity contribution in [2.24, 2.45) is 0 Å². The van der Waals surface area contributed by atoms with Crippen LogP contribution < -0.4 is 14.8 Å².